The second kappa shape index (κ2) is 7.81. The number of likely N-dealkylation sites (tertiary alicyclic amines) is 1. The molecule has 6 heteroatoms. The molecule has 0 N–H and O–H groups in total. The zero-order chi connectivity index (χ0) is 17.1. The molecular formula is C19H20BrN3OS. The first-order valence-corrected chi connectivity index (χ1v) is 10.3. The molecule has 1 aliphatic rings. The molecule has 130 valence electrons. The lowest BCUT2D eigenvalue weighted by Gasteiger charge is -2.15. The van der Waals surface area contributed by atoms with Crippen molar-refractivity contribution in [1.82, 2.24) is 14.9 Å². The standard InChI is InChI=1S/C19H20BrN3OS/c20-16-13-25-17-12-21-18(22-19(16)17)11-14-3-5-15(6-4-14)24-10-9-23-7-1-2-8-23/h3-6,12-13H,1-2,7-11H2. The number of nitrogens with zero attached hydrogens (tertiary/aromatic N) is 3. The van der Waals surface area contributed by atoms with E-state index in [9.17, 15) is 0 Å². The Bertz CT molecular complexity index is 844. The summed E-state index contributed by atoms with van der Waals surface area (Å²) in [5.74, 6) is 1.77. The molecule has 3 aromatic rings. The van der Waals surface area contributed by atoms with Crippen molar-refractivity contribution in [3.63, 3.8) is 0 Å². The van der Waals surface area contributed by atoms with Crippen LogP contribution in [0.25, 0.3) is 10.2 Å². The van der Waals surface area contributed by atoms with Gasteiger partial charge in [-0.1, -0.05) is 12.1 Å². The largest absolute Gasteiger partial charge is 0.492 e. The van der Waals surface area contributed by atoms with E-state index in [0.717, 1.165) is 45.8 Å². The normalized spacial score (nSPS) is 15.1. The highest BCUT2D eigenvalue weighted by Crippen LogP contribution is 2.28. The van der Waals surface area contributed by atoms with Gasteiger partial charge in [0.2, 0.25) is 0 Å². The molecule has 1 aromatic carbocycles. The lowest BCUT2D eigenvalue weighted by Crippen LogP contribution is -2.25. The topological polar surface area (TPSA) is 38.2 Å². The first-order valence-electron chi connectivity index (χ1n) is 8.61. The van der Waals surface area contributed by atoms with Gasteiger partial charge in [-0.25, -0.2) is 9.97 Å². The van der Waals surface area contributed by atoms with Gasteiger partial charge in [-0.05, 0) is 59.6 Å². The number of hydrogen-bond donors (Lipinski definition) is 0. The summed E-state index contributed by atoms with van der Waals surface area (Å²) in [6, 6.07) is 8.28. The van der Waals surface area contributed by atoms with Gasteiger partial charge in [0, 0.05) is 24.5 Å². The van der Waals surface area contributed by atoms with E-state index in [-0.39, 0.29) is 0 Å². The molecule has 1 saturated heterocycles. The van der Waals surface area contributed by atoms with Crippen molar-refractivity contribution < 1.29 is 4.74 Å². The van der Waals surface area contributed by atoms with Gasteiger partial charge < -0.3 is 4.74 Å². The molecule has 0 aliphatic carbocycles. The lowest BCUT2D eigenvalue weighted by molar-refractivity contribution is 0.238. The van der Waals surface area contributed by atoms with Gasteiger partial charge in [-0.2, -0.15) is 0 Å². The number of benzene rings is 1. The van der Waals surface area contributed by atoms with Crippen molar-refractivity contribution in [1.29, 1.82) is 0 Å². The Kier molecular flexibility index (Phi) is 5.29. The Morgan fingerprint density at radius 2 is 1.96 bits per heavy atom. The molecule has 0 bridgehead atoms. The summed E-state index contributed by atoms with van der Waals surface area (Å²) in [6.07, 6.45) is 5.28. The van der Waals surface area contributed by atoms with E-state index in [1.165, 1.54) is 31.5 Å². The zero-order valence-corrected chi connectivity index (χ0v) is 16.4. The predicted octanol–water partition coefficient (Wildman–Crippen LogP) is 4.52. The highest BCUT2D eigenvalue weighted by Gasteiger charge is 2.11. The molecule has 0 unspecified atom stereocenters. The monoisotopic (exact) mass is 417 g/mol. The zero-order valence-electron chi connectivity index (χ0n) is 13.9. The number of rotatable bonds is 6. The summed E-state index contributed by atoms with van der Waals surface area (Å²) in [6.45, 7) is 4.20. The third kappa shape index (κ3) is 4.19. The van der Waals surface area contributed by atoms with Crippen LogP contribution >= 0.6 is 27.3 Å². The fourth-order valence-electron chi connectivity index (χ4n) is 3.11. The second-order valence-corrected chi connectivity index (χ2v) is 8.07. The van der Waals surface area contributed by atoms with Crippen LogP contribution in [0, 0.1) is 0 Å². The molecule has 1 aliphatic heterocycles. The molecule has 0 atom stereocenters. The molecule has 0 saturated carbocycles. The van der Waals surface area contributed by atoms with E-state index < -0.39 is 0 Å². The fourth-order valence-corrected chi connectivity index (χ4v) is 4.54. The van der Waals surface area contributed by atoms with Crippen molar-refractivity contribution in [2.45, 2.75) is 19.3 Å². The van der Waals surface area contributed by atoms with Crippen LogP contribution in [-0.4, -0.2) is 41.1 Å². The molecule has 0 spiro atoms. The van der Waals surface area contributed by atoms with Gasteiger partial charge >= 0.3 is 0 Å². The van der Waals surface area contributed by atoms with Crippen LogP contribution in [0.4, 0.5) is 0 Å². The highest BCUT2D eigenvalue weighted by atomic mass is 79.9. The van der Waals surface area contributed by atoms with E-state index in [4.69, 9.17) is 4.74 Å². The lowest BCUT2D eigenvalue weighted by atomic mass is 10.1. The first kappa shape index (κ1) is 16.9. The number of aromatic nitrogens is 2. The van der Waals surface area contributed by atoms with Crippen molar-refractivity contribution >= 4 is 37.5 Å². The van der Waals surface area contributed by atoms with E-state index in [2.05, 4.69) is 48.3 Å². The van der Waals surface area contributed by atoms with E-state index >= 15 is 0 Å². The van der Waals surface area contributed by atoms with E-state index in [1.54, 1.807) is 11.3 Å². The molecule has 1 fully saturated rings. The van der Waals surface area contributed by atoms with Crippen LogP contribution in [0.15, 0.2) is 40.3 Å². The average Bonchev–Trinajstić information content (AvgIpc) is 3.27. The molecule has 0 radical (unpaired) electrons. The molecule has 25 heavy (non-hydrogen) atoms. The molecule has 0 amide bonds. The summed E-state index contributed by atoms with van der Waals surface area (Å²) < 4.78 is 8.01. The summed E-state index contributed by atoms with van der Waals surface area (Å²) in [5.41, 5.74) is 2.19. The van der Waals surface area contributed by atoms with Gasteiger partial charge in [0.15, 0.2) is 0 Å². The van der Waals surface area contributed by atoms with Crippen molar-refractivity contribution in [2.24, 2.45) is 0 Å². The van der Waals surface area contributed by atoms with Crippen molar-refractivity contribution in [3.8, 4) is 5.75 Å². The maximum Gasteiger partial charge on any atom is 0.133 e. The first-order chi connectivity index (χ1) is 12.3. The van der Waals surface area contributed by atoms with Crippen LogP contribution in [0.5, 0.6) is 5.75 Å². The van der Waals surface area contributed by atoms with Gasteiger partial charge in [-0.3, -0.25) is 4.90 Å². The Morgan fingerprint density at radius 3 is 2.76 bits per heavy atom. The summed E-state index contributed by atoms with van der Waals surface area (Å²) >= 11 is 5.20. The molecule has 2 aromatic heterocycles. The van der Waals surface area contributed by atoms with Crippen LogP contribution < -0.4 is 4.74 Å². The minimum Gasteiger partial charge on any atom is -0.492 e. The number of ether oxygens (including phenoxy) is 1. The summed E-state index contributed by atoms with van der Waals surface area (Å²) in [5, 5.41) is 2.05. The van der Waals surface area contributed by atoms with Crippen LogP contribution in [-0.2, 0) is 6.42 Å². The number of halogens is 1. The van der Waals surface area contributed by atoms with E-state index in [0.29, 0.717) is 0 Å². The molecule has 4 nitrogen and oxygen atoms in total. The van der Waals surface area contributed by atoms with Gasteiger partial charge in [0.1, 0.15) is 18.2 Å². The maximum absolute atomic E-state index is 5.86. The van der Waals surface area contributed by atoms with E-state index in [1.807, 2.05) is 18.3 Å². The second-order valence-electron chi connectivity index (χ2n) is 6.30. The predicted molar refractivity (Wildman–Crippen MR) is 106 cm³/mol. The summed E-state index contributed by atoms with van der Waals surface area (Å²) in [4.78, 5) is 11.6. The Balaban J connectivity index is 1.35. The number of fused-ring (bicyclic) bond motifs is 1. The minimum atomic E-state index is 0.728. The SMILES string of the molecule is Brc1csc2cnc(Cc3ccc(OCCN4CCCC4)cc3)nc12. The highest BCUT2D eigenvalue weighted by molar-refractivity contribution is 9.10. The molecule has 4 rings (SSSR count). The van der Waals surface area contributed by atoms with Crippen molar-refractivity contribution in [2.75, 3.05) is 26.2 Å². The third-order valence-corrected chi connectivity index (χ3v) is 6.29. The smallest absolute Gasteiger partial charge is 0.133 e. The Labute approximate surface area is 160 Å². The number of hydrogen-bond acceptors (Lipinski definition) is 5. The summed E-state index contributed by atoms with van der Waals surface area (Å²) in [7, 11) is 0. The Morgan fingerprint density at radius 1 is 1.16 bits per heavy atom. The maximum atomic E-state index is 5.86. The Hall–Kier alpha value is -1.50. The van der Waals surface area contributed by atoms with Crippen molar-refractivity contribution in [3.05, 3.63) is 51.7 Å². The fraction of sp³-hybridized carbons (Fsp3) is 0.368. The minimum absolute atomic E-state index is 0.728. The van der Waals surface area contributed by atoms with Crippen LogP contribution in [0.3, 0.4) is 0 Å². The van der Waals surface area contributed by atoms with Crippen LogP contribution in [0.2, 0.25) is 0 Å². The van der Waals surface area contributed by atoms with Gasteiger partial charge in [0.05, 0.1) is 14.7 Å². The average molecular weight is 418 g/mol. The molecule has 3 heterocycles. The molecular weight excluding hydrogens is 398 g/mol. The number of thiophene rings is 1. The van der Waals surface area contributed by atoms with Gasteiger partial charge in [-0.15, -0.1) is 11.3 Å². The quantitative estimate of drug-likeness (QED) is 0.590. The van der Waals surface area contributed by atoms with Crippen LogP contribution in [0.1, 0.15) is 24.2 Å². The van der Waals surface area contributed by atoms with Gasteiger partial charge in [0.25, 0.3) is 0 Å². The third-order valence-electron chi connectivity index (χ3n) is 4.48.